The molecule has 1 saturated heterocycles. The average molecular weight is 384 g/mol. The second-order valence-electron chi connectivity index (χ2n) is 6.78. The van der Waals surface area contributed by atoms with E-state index < -0.39 is 0 Å². The van der Waals surface area contributed by atoms with Crippen LogP contribution in [0, 0.1) is 0 Å². The fourth-order valence-electron chi connectivity index (χ4n) is 3.12. The van der Waals surface area contributed by atoms with Crippen LogP contribution in [0.15, 0.2) is 48.1 Å². The predicted molar refractivity (Wildman–Crippen MR) is 114 cm³/mol. The van der Waals surface area contributed by atoms with Gasteiger partial charge in [-0.05, 0) is 43.7 Å². The van der Waals surface area contributed by atoms with Crippen LogP contribution in [0.3, 0.4) is 0 Å². The lowest BCUT2D eigenvalue weighted by Crippen LogP contribution is -2.30. The Morgan fingerprint density at radius 1 is 1.07 bits per heavy atom. The molecule has 0 N–H and O–H groups in total. The Bertz CT molecular complexity index is 702. The molecule has 2 aromatic rings. The Morgan fingerprint density at radius 3 is 2.67 bits per heavy atom. The van der Waals surface area contributed by atoms with E-state index in [2.05, 4.69) is 34.7 Å². The fraction of sp³-hybridized carbons (Fsp3) is 0.455. The molecule has 0 saturated carbocycles. The number of thioether (sulfide) groups is 1. The molecule has 0 radical (unpaired) electrons. The van der Waals surface area contributed by atoms with Crippen molar-refractivity contribution in [3.63, 3.8) is 0 Å². The molecule has 1 fully saturated rings. The quantitative estimate of drug-likeness (QED) is 0.320. The van der Waals surface area contributed by atoms with Crippen LogP contribution >= 0.6 is 11.8 Å². The minimum absolute atomic E-state index is 0.692. The van der Waals surface area contributed by atoms with E-state index in [1.54, 1.807) is 11.8 Å². The first-order valence-corrected chi connectivity index (χ1v) is 10.8. The standard InChI is InChI=1S/C22H29N3OS/c1-2-20-17-21(25-13-7-4-8-14-25)24-22(23-20)27-16-10-9-15-26-18-19-11-5-3-6-12-19/h2-3,5-6,11-12,17H,1,4,7-10,13-16,18H2. The molecule has 0 spiro atoms. The molecule has 0 amide bonds. The zero-order valence-electron chi connectivity index (χ0n) is 16.0. The van der Waals surface area contributed by atoms with Crippen LogP contribution in [0.5, 0.6) is 0 Å². The zero-order chi connectivity index (χ0) is 18.7. The minimum atomic E-state index is 0.692. The highest BCUT2D eigenvalue weighted by molar-refractivity contribution is 7.99. The van der Waals surface area contributed by atoms with Crippen molar-refractivity contribution in [1.29, 1.82) is 0 Å². The monoisotopic (exact) mass is 383 g/mol. The predicted octanol–water partition coefficient (Wildman–Crippen LogP) is 5.20. The molecule has 0 atom stereocenters. The number of aromatic nitrogens is 2. The maximum Gasteiger partial charge on any atom is 0.190 e. The van der Waals surface area contributed by atoms with Crippen LogP contribution in [0.2, 0.25) is 0 Å². The van der Waals surface area contributed by atoms with Crippen LogP contribution in [0.25, 0.3) is 6.08 Å². The van der Waals surface area contributed by atoms with Gasteiger partial charge in [0.25, 0.3) is 0 Å². The summed E-state index contributed by atoms with van der Waals surface area (Å²) in [5, 5.41) is 0.859. The van der Waals surface area contributed by atoms with Crippen molar-refractivity contribution in [1.82, 2.24) is 9.97 Å². The van der Waals surface area contributed by atoms with Crippen molar-refractivity contribution in [2.24, 2.45) is 0 Å². The second kappa shape index (κ2) is 11.1. The van der Waals surface area contributed by atoms with Crippen molar-refractivity contribution in [2.45, 2.75) is 43.9 Å². The number of hydrogen-bond donors (Lipinski definition) is 0. The zero-order valence-corrected chi connectivity index (χ0v) is 16.8. The summed E-state index contributed by atoms with van der Waals surface area (Å²) in [5.74, 6) is 2.06. The molecule has 4 nitrogen and oxygen atoms in total. The van der Waals surface area contributed by atoms with E-state index in [4.69, 9.17) is 9.72 Å². The minimum Gasteiger partial charge on any atom is -0.377 e. The van der Waals surface area contributed by atoms with Crippen molar-refractivity contribution in [3.8, 4) is 0 Å². The van der Waals surface area contributed by atoms with Crippen molar-refractivity contribution >= 4 is 23.7 Å². The van der Waals surface area contributed by atoms with Gasteiger partial charge in [0, 0.05) is 31.5 Å². The van der Waals surface area contributed by atoms with E-state index in [0.717, 1.165) is 55.0 Å². The third kappa shape index (κ3) is 6.67. The summed E-state index contributed by atoms with van der Waals surface area (Å²) in [7, 11) is 0. The van der Waals surface area contributed by atoms with Gasteiger partial charge in [0.1, 0.15) is 5.82 Å². The second-order valence-corrected chi connectivity index (χ2v) is 7.84. The lowest BCUT2D eigenvalue weighted by molar-refractivity contribution is 0.118. The Kier molecular flexibility index (Phi) is 8.18. The van der Waals surface area contributed by atoms with Crippen LogP contribution in [0.4, 0.5) is 5.82 Å². The number of nitrogens with zero attached hydrogens (tertiary/aromatic N) is 3. The highest BCUT2D eigenvalue weighted by Crippen LogP contribution is 2.23. The number of anilines is 1. The highest BCUT2D eigenvalue weighted by atomic mass is 32.2. The summed E-state index contributed by atoms with van der Waals surface area (Å²) >= 11 is 1.73. The van der Waals surface area contributed by atoms with Gasteiger partial charge in [-0.2, -0.15) is 0 Å². The first-order valence-electron chi connectivity index (χ1n) is 9.86. The van der Waals surface area contributed by atoms with Gasteiger partial charge in [-0.3, -0.25) is 0 Å². The number of rotatable bonds is 10. The van der Waals surface area contributed by atoms with Gasteiger partial charge in [-0.15, -0.1) is 0 Å². The average Bonchev–Trinajstić information content (AvgIpc) is 2.74. The highest BCUT2D eigenvalue weighted by Gasteiger charge is 2.14. The molecule has 1 aliphatic rings. The number of unbranched alkanes of at least 4 members (excludes halogenated alkanes) is 1. The van der Waals surface area contributed by atoms with Gasteiger partial charge in [0.2, 0.25) is 0 Å². The lowest BCUT2D eigenvalue weighted by atomic mass is 10.1. The summed E-state index contributed by atoms with van der Waals surface area (Å²) in [6.07, 6.45) is 7.79. The van der Waals surface area contributed by atoms with Gasteiger partial charge in [-0.1, -0.05) is 48.7 Å². The molecule has 5 heteroatoms. The molecular weight excluding hydrogens is 354 g/mol. The van der Waals surface area contributed by atoms with Crippen LogP contribution in [-0.4, -0.2) is 35.4 Å². The van der Waals surface area contributed by atoms with Crippen LogP contribution in [-0.2, 0) is 11.3 Å². The van der Waals surface area contributed by atoms with Gasteiger partial charge in [0.05, 0.1) is 12.3 Å². The Hall–Kier alpha value is -1.85. The maximum atomic E-state index is 5.75. The molecule has 144 valence electrons. The maximum absolute atomic E-state index is 5.75. The first-order chi connectivity index (χ1) is 13.3. The molecule has 0 aliphatic carbocycles. The third-order valence-corrected chi connectivity index (χ3v) is 5.56. The molecule has 3 rings (SSSR count). The van der Waals surface area contributed by atoms with Gasteiger partial charge in [-0.25, -0.2) is 9.97 Å². The lowest BCUT2D eigenvalue weighted by Gasteiger charge is -2.28. The summed E-state index contributed by atoms with van der Waals surface area (Å²) in [4.78, 5) is 11.7. The Morgan fingerprint density at radius 2 is 1.89 bits per heavy atom. The van der Waals surface area contributed by atoms with E-state index in [-0.39, 0.29) is 0 Å². The van der Waals surface area contributed by atoms with Gasteiger partial charge < -0.3 is 9.64 Å². The molecule has 0 bridgehead atoms. The summed E-state index contributed by atoms with van der Waals surface area (Å²) in [6.45, 7) is 7.55. The molecule has 1 aliphatic heterocycles. The van der Waals surface area contributed by atoms with E-state index in [1.807, 2.05) is 24.3 Å². The van der Waals surface area contributed by atoms with E-state index >= 15 is 0 Å². The van der Waals surface area contributed by atoms with E-state index in [1.165, 1.54) is 24.8 Å². The normalized spacial score (nSPS) is 14.3. The Balaban J connectivity index is 1.40. The molecule has 0 unspecified atom stereocenters. The molecule has 1 aromatic heterocycles. The van der Waals surface area contributed by atoms with Crippen LogP contribution in [0.1, 0.15) is 43.4 Å². The van der Waals surface area contributed by atoms with Crippen molar-refractivity contribution in [3.05, 3.63) is 54.2 Å². The molecule has 27 heavy (non-hydrogen) atoms. The van der Waals surface area contributed by atoms with Gasteiger partial charge in [0.15, 0.2) is 5.16 Å². The number of benzene rings is 1. The van der Waals surface area contributed by atoms with E-state index in [0.29, 0.717) is 6.61 Å². The number of ether oxygens (including phenoxy) is 1. The first kappa shape index (κ1) is 19.9. The van der Waals surface area contributed by atoms with Crippen molar-refractivity contribution < 1.29 is 4.74 Å². The summed E-state index contributed by atoms with van der Waals surface area (Å²) in [5.41, 5.74) is 2.14. The largest absolute Gasteiger partial charge is 0.377 e. The van der Waals surface area contributed by atoms with Crippen molar-refractivity contribution in [2.75, 3.05) is 30.3 Å². The number of piperidine rings is 1. The molecular formula is C22H29N3OS. The number of hydrogen-bond acceptors (Lipinski definition) is 5. The van der Waals surface area contributed by atoms with Gasteiger partial charge >= 0.3 is 0 Å². The molecule has 1 aromatic carbocycles. The third-order valence-electron chi connectivity index (χ3n) is 4.63. The fourth-order valence-corrected chi connectivity index (χ4v) is 3.98. The topological polar surface area (TPSA) is 38.2 Å². The van der Waals surface area contributed by atoms with Crippen LogP contribution < -0.4 is 4.90 Å². The summed E-state index contributed by atoms with van der Waals surface area (Å²) < 4.78 is 5.75. The SMILES string of the molecule is C=Cc1cc(N2CCCCC2)nc(SCCCCOCc2ccccc2)n1. The summed E-state index contributed by atoms with van der Waals surface area (Å²) in [6, 6.07) is 12.4. The smallest absolute Gasteiger partial charge is 0.190 e. The molecule has 2 heterocycles. The van der Waals surface area contributed by atoms with E-state index in [9.17, 15) is 0 Å². The Labute approximate surface area is 167 Å².